The van der Waals surface area contributed by atoms with E-state index in [1.165, 1.54) is 0 Å². The van der Waals surface area contributed by atoms with Gasteiger partial charge in [-0.05, 0) is 50.1 Å². The molecule has 1 N–H and O–H groups in total. The second-order valence-corrected chi connectivity index (χ2v) is 9.32. The van der Waals surface area contributed by atoms with Gasteiger partial charge in [-0.1, -0.05) is 12.1 Å². The van der Waals surface area contributed by atoms with Crippen LogP contribution in [0.2, 0.25) is 0 Å². The van der Waals surface area contributed by atoms with E-state index in [-0.39, 0.29) is 31.8 Å². The number of rotatable bonds is 5. The zero-order chi connectivity index (χ0) is 22.2. The fourth-order valence-corrected chi connectivity index (χ4v) is 5.42. The molecule has 0 radical (unpaired) electrons. The van der Waals surface area contributed by atoms with Gasteiger partial charge in [0.05, 0.1) is 11.0 Å². The van der Waals surface area contributed by atoms with E-state index in [2.05, 4.69) is 10.3 Å². The van der Waals surface area contributed by atoms with Crippen molar-refractivity contribution in [2.24, 2.45) is 5.92 Å². The van der Waals surface area contributed by atoms with Crippen LogP contribution >= 0.6 is 0 Å². The van der Waals surface area contributed by atoms with Gasteiger partial charge in [-0.2, -0.15) is 4.31 Å². The fourth-order valence-electron chi connectivity index (χ4n) is 3.88. The van der Waals surface area contributed by atoms with E-state index in [1.807, 2.05) is 35.8 Å². The molecule has 0 atom stereocenters. The number of benzene rings is 2. The Labute approximate surface area is 178 Å². The summed E-state index contributed by atoms with van der Waals surface area (Å²) in [5, 5.41) is 2.86. The molecule has 1 fully saturated rings. The summed E-state index contributed by atoms with van der Waals surface area (Å²) >= 11 is 0. The molecule has 0 aliphatic carbocycles. The number of sulfonamides is 1. The molecule has 1 saturated heterocycles. The lowest BCUT2D eigenvalue weighted by molar-refractivity contribution is -0.121. The summed E-state index contributed by atoms with van der Waals surface area (Å²) in [6, 6.07) is 9.91. The molecule has 4 rings (SSSR count). The highest BCUT2D eigenvalue weighted by atomic mass is 32.2. The number of fused-ring (bicyclic) bond motifs is 1. The van der Waals surface area contributed by atoms with Gasteiger partial charge < -0.3 is 4.57 Å². The first-order chi connectivity index (χ1) is 14.8. The van der Waals surface area contributed by atoms with Crippen LogP contribution in [0.5, 0.6) is 0 Å². The largest absolute Gasteiger partial charge is 0.310 e. The summed E-state index contributed by atoms with van der Waals surface area (Å²) in [7, 11) is -4.18. The molecule has 1 amide bonds. The van der Waals surface area contributed by atoms with Gasteiger partial charge in [0.25, 0.3) is 0 Å². The molecule has 3 aromatic rings. The van der Waals surface area contributed by atoms with Crippen LogP contribution in [0.25, 0.3) is 11.0 Å². The third-order valence-electron chi connectivity index (χ3n) is 5.54. The molecule has 2 aromatic carbocycles. The third kappa shape index (κ3) is 4.05. The van der Waals surface area contributed by atoms with Gasteiger partial charge in [-0.25, -0.2) is 22.2 Å². The van der Waals surface area contributed by atoms with Crippen molar-refractivity contribution in [3.8, 4) is 0 Å². The van der Waals surface area contributed by atoms with E-state index in [1.54, 1.807) is 0 Å². The highest BCUT2D eigenvalue weighted by Gasteiger charge is 2.34. The topological polar surface area (TPSA) is 84.3 Å². The van der Waals surface area contributed by atoms with E-state index >= 15 is 0 Å². The van der Waals surface area contributed by atoms with Crippen LogP contribution in [0.15, 0.2) is 47.4 Å². The maximum absolute atomic E-state index is 14.0. The number of aromatic nitrogens is 2. The van der Waals surface area contributed by atoms with Crippen molar-refractivity contribution in [3.05, 3.63) is 54.1 Å². The Hall–Kier alpha value is -2.85. The Balaban J connectivity index is 1.45. The average Bonchev–Trinajstić information content (AvgIpc) is 3.12. The van der Waals surface area contributed by atoms with Gasteiger partial charge in [0.1, 0.15) is 16.5 Å². The number of para-hydroxylation sites is 2. The lowest BCUT2D eigenvalue weighted by Crippen LogP contribution is -2.41. The minimum atomic E-state index is -4.18. The first-order valence-corrected chi connectivity index (χ1v) is 11.5. The number of nitrogens with zero attached hydrogens (tertiary/aromatic N) is 3. The number of anilines is 1. The molecule has 7 nitrogen and oxygen atoms in total. The third-order valence-corrected chi connectivity index (χ3v) is 7.46. The summed E-state index contributed by atoms with van der Waals surface area (Å²) in [5.74, 6) is -2.02. The molecule has 0 spiro atoms. The number of halogens is 2. The highest BCUT2D eigenvalue weighted by molar-refractivity contribution is 7.89. The van der Waals surface area contributed by atoms with Crippen molar-refractivity contribution in [1.82, 2.24) is 13.9 Å². The number of carbonyl (C=O) groups is 1. The summed E-state index contributed by atoms with van der Waals surface area (Å²) in [6.45, 7) is 2.67. The molecule has 10 heteroatoms. The van der Waals surface area contributed by atoms with Gasteiger partial charge in [0.2, 0.25) is 21.9 Å². The number of aryl methyl sites for hydroxylation is 1. The molecule has 0 saturated carbocycles. The number of piperidine rings is 1. The van der Waals surface area contributed by atoms with Crippen LogP contribution in [-0.4, -0.2) is 41.3 Å². The molecule has 164 valence electrons. The van der Waals surface area contributed by atoms with Gasteiger partial charge in [0.15, 0.2) is 0 Å². The first kappa shape index (κ1) is 21.4. The number of hydrogen-bond donors (Lipinski definition) is 1. The van der Waals surface area contributed by atoms with Gasteiger partial charge in [-0.15, -0.1) is 0 Å². The second kappa shape index (κ2) is 8.35. The van der Waals surface area contributed by atoms with Crippen LogP contribution in [0.4, 0.5) is 14.7 Å². The number of hydrogen-bond acceptors (Lipinski definition) is 4. The predicted molar refractivity (Wildman–Crippen MR) is 112 cm³/mol. The summed E-state index contributed by atoms with van der Waals surface area (Å²) in [6.07, 6.45) is 0.544. The van der Waals surface area contributed by atoms with Crippen LogP contribution in [0.3, 0.4) is 0 Å². The summed E-state index contributed by atoms with van der Waals surface area (Å²) in [5.41, 5.74) is 1.69. The zero-order valence-electron chi connectivity index (χ0n) is 16.9. The van der Waals surface area contributed by atoms with Gasteiger partial charge >= 0.3 is 0 Å². The maximum atomic E-state index is 14.0. The zero-order valence-corrected chi connectivity index (χ0v) is 17.7. The molecule has 1 aliphatic rings. The van der Waals surface area contributed by atoms with E-state index in [4.69, 9.17) is 0 Å². The number of carbonyl (C=O) groups excluding carboxylic acids is 1. The van der Waals surface area contributed by atoms with Crippen molar-refractivity contribution in [2.75, 3.05) is 18.4 Å². The molecular formula is C21H22F2N4O3S. The number of nitrogens with one attached hydrogen (secondary N) is 1. The van der Waals surface area contributed by atoms with Crippen molar-refractivity contribution >= 4 is 32.9 Å². The molecule has 1 aromatic heterocycles. The minimum absolute atomic E-state index is 0.0422. The predicted octanol–water partition coefficient (Wildman–Crippen LogP) is 3.37. The van der Waals surface area contributed by atoms with Crippen molar-refractivity contribution < 1.29 is 22.0 Å². The summed E-state index contributed by atoms with van der Waals surface area (Å²) in [4.78, 5) is 16.6. The lowest BCUT2D eigenvalue weighted by Gasteiger charge is -2.30. The Morgan fingerprint density at radius 1 is 1.16 bits per heavy atom. The Bertz CT molecular complexity index is 1230. The lowest BCUT2D eigenvalue weighted by atomic mass is 9.97. The van der Waals surface area contributed by atoms with E-state index in [0.29, 0.717) is 18.6 Å². The van der Waals surface area contributed by atoms with Crippen LogP contribution in [-0.2, 0) is 21.4 Å². The molecule has 0 bridgehead atoms. The van der Waals surface area contributed by atoms with Crippen molar-refractivity contribution in [2.45, 2.75) is 31.2 Å². The minimum Gasteiger partial charge on any atom is -0.310 e. The fraction of sp³-hybridized carbons (Fsp3) is 0.333. The van der Waals surface area contributed by atoms with Crippen LogP contribution in [0.1, 0.15) is 19.8 Å². The molecule has 1 aliphatic heterocycles. The Kier molecular flexibility index (Phi) is 5.76. The monoisotopic (exact) mass is 448 g/mol. The summed E-state index contributed by atoms with van der Waals surface area (Å²) < 4.78 is 55.9. The smallest absolute Gasteiger partial charge is 0.246 e. The highest BCUT2D eigenvalue weighted by Crippen LogP contribution is 2.27. The molecule has 0 unspecified atom stereocenters. The number of imidazole rings is 1. The SMILES string of the molecule is CCn1c(NC(=O)C2CCN(S(=O)(=O)c3cc(F)ccc3F)CC2)nc2ccccc21. The van der Waals surface area contributed by atoms with Crippen molar-refractivity contribution in [3.63, 3.8) is 0 Å². The van der Waals surface area contributed by atoms with E-state index < -0.39 is 32.5 Å². The second-order valence-electron chi connectivity index (χ2n) is 7.41. The molecule has 31 heavy (non-hydrogen) atoms. The van der Waals surface area contributed by atoms with Crippen LogP contribution in [0, 0.1) is 17.6 Å². The quantitative estimate of drug-likeness (QED) is 0.649. The maximum Gasteiger partial charge on any atom is 0.246 e. The Morgan fingerprint density at radius 2 is 1.87 bits per heavy atom. The molecular weight excluding hydrogens is 426 g/mol. The average molecular weight is 448 g/mol. The number of amides is 1. The van der Waals surface area contributed by atoms with Crippen LogP contribution < -0.4 is 5.32 Å². The van der Waals surface area contributed by atoms with E-state index in [0.717, 1.165) is 27.5 Å². The van der Waals surface area contributed by atoms with Crippen molar-refractivity contribution in [1.29, 1.82) is 0 Å². The Morgan fingerprint density at radius 3 is 2.58 bits per heavy atom. The van der Waals surface area contributed by atoms with E-state index in [9.17, 15) is 22.0 Å². The first-order valence-electron chi connectivity index (χ1n) is 10.0. The normalized spacial score (nSPS) is 16.0. The van der Waals surface area contributed by atoms with Gasteiger partial charge in [0, 0.05) is 25.6 Å². The molecule has 2 heterocycles. The van der Waals surface area contributed by atoms with Gasteiger partial charge in [-0.3, -0.25) is 10.1 Å². The standard InChI is InChI=1S/C21H22F2N4O3S/c1-2-27-18-6-4-3-5-17(18)24-21(27)25-20(28)14-9-11-26(12-10-14)31(29,30)19-13-15(22)7-8-16(19)23/h3-8,13-14H,2,9-12H2,1H3,(H,24,25,28).